The molecule has 3 fully saturated rings. The number of aliphatic hydroxyl groups is 1. The molecule has 0 radical (unpaired) electrons. The van der Waals surface area contributed by atoms with Crippen LogP contribution in [0.5, 0.6) is 0 Å². The molecule has 3 rings (SSSR count). The second-order valence-corrected chi connectivity index (χ2v) is 5.95. The molecule has 0 aromatic rings. The van der Waals surface area contributed by atoms with Gasteiger partial charge in [-0.2, -0.15) is 0 Å². The number of β-amino-alcohol motifs (C(OH)–C–C–N with tert-alkyl or cyclic N) is 1. The van der Waals surface area contributed by atoms with E-state index in [1.165, 1.54) is 25.7 Å². The van der Waals surface area contributed by atoms with E-state index in [9.17, 15) is 5.11 Å². The Hall–Kier alpha value is -0.160. The predicted octanol–water partition coefficient (Wildman–Crippen LogP) is 1.03. The molecular formula is C14H25NO3. The van der Waals surface area contributed by atoms with Gasteiger partial charge in [0.15, 0.2) is 0 Å². The van der Waals surface area contributed by atoms with E-state index in [0.29, 0.717) is 18.1 Å². The number of aliphatic hydroxyl groups excluding tert-OH is 1. The fraction of sp³-hybridized carbons (Fsp3) is 1.00. The van der Waals surface area contributed by atoms with Gasteiger partial charge in [-0.05, 0) is 19.3 Å². The number of nitrogens with zero attached hydrogens (tertiary/aromatic N) is 1. The monoisotopic (exact) mass is 255 g/mol. The van der Waals surface area contributed by atoms with E-state index in [1.54, 1.807) is 0 Å². The van der Waals surface area contributed by atoms with E-state index in [1.807, 2.05) is 0 Å². The first-order valence-corrected chi connectivity index (χ1v) is 7.46. The lowest BCUT2D eigenvalue weighted by atomic mass is 9.89. The normalized spacial score (nSPS) is 39.5. The summed E-state index contributed by atoms with van der Waals surface area (Å²) in [5, 5.41) is 10.3. The summed E-state index contributed by atoms with van der Waals surface area (Å²) >= 11 is 0. The summed E-state index contributed by atoms with van der Waals surface area (Å²) in [4.78, 5) is 2.47. The average molecular weight is 255 g/mol. The number of hydrogen-bond acceptors (Lipinski definition) is 4. The smallest absolute Gasteiger partial charge is 0.0730 e. The molecule has 1 saturated carbocycles. The Bertz CT molecular complexity index is 266. The van der Waals surface area contributed by atoms with Gasteiger partial charge in [-0.3, -0.25) is 4.90 Å². The van der Waals surface area contributed by atoms with E-state index in [-0.39, 0.29) is 6.10 Å². The Morgan fingerprint density at radius 1 is 1.17 bits per heavy atom. The molecule has 2 saturated heterocycles. The highest BCUT2D eigenvalue weighted by atomic mass is 16.5. The van der Waals surface area contributed by atoms with Crippen LogP contribution in [0.2, 0.25) is 0 Å². The van der Waals surface area contributed by atoms with E-state index in [0.717, 1.165) is 39.3 Å². The summed E-state index contributed by atoms with van der Waals surface area (Å²) in [6.07, 6.45) is 6.24. The van der Waals surface area contributed by atoms with Gasteiger partial charge in [-0.1, -0.05) is 12.8 Å². The molecule has 4 heteroatoms. The SMILES string of the molecule is OC(CN1CCOC2CCCCC21)C1CCOC1. The maximum Gasteiger partial charge on any atom is 0.0730 e. The molecule has 18 heavy (non-hydrogen) atoms. The number of hydrogen-bond donors (Lipinski definition) is 1. The maximum absolute atomic E-state index is 10.3. The first kappa shape index (κ1) is 12.9. The molecule has 3 aliphatic rings. The van der Waals surface area contributed by atoms with Gasteiger partial charge in [0.1, 0.15) is 0 Å². The highest BCUT2D eigenvalue weighted by molar-refractivity contribution is 4.89. The van der Waals surface area contributed by atoms with Gasteiger partial charge >= 0.3 is 0 Å². The molecule has 0 amide bonds. The van der Waals surface area contributed by atoms with E-state index in [4.69, 9.17) is 9.47 Å². The molecule has 2 aliphatic heterocycles. The van der Waals surface area contributed by atoms with Crippen LogP contribution in [0.3, 0.4) is 0 Å². The van der Waals surface area contributed by atoms with Crippen LogP contribution in [0.1, 0.15) is 32.1 Å². The zero-order valence-electron chi connectivity index (χ0n) is 11.1. The van der Waals surface area contributed by atoms with Gasteiger partial charge in [-0.15, -0.1) is 0 Å². The Balaban J connectivity index is 1.56. The molecule has 0 spiro atoms. The maximum atomic E-state index is 10.3. The highest BCUT2D eigenvalue weighted by Crippen LogP contribution is 2.29. The van der Waals surface area contributed by atoms with Gasteiger partial charge in [-0.25, -0.2) is 0 Å². The second kappa shape index (κ2) is 5.87. The Morgan fingerprint density at radius 2 is 2.06 bits per heavy atom. The lowest BCUT2D eigenvalue weighted by molar-refractivity contribution is -0.101. The summed E-state index contributed by atoms with van der Waals surface area (Å²) in [5.74, 6) is 0.342. The minimum atomic E-state index is -0.229. The van der Waals surface area contributed by atoms with Crippen molar-refractivity contribution >= 4 is 0 Å². The largest absolute Gasteiger partial charge is 0.391 e. The highest BCUT2D eigenvalue weighted by Gasteiger charge is 2.36. The van der Waals surface area contributed by atoms with E-state index < -0.39 is 0 Å². The molecular weight excluding hydrogens is 230 g/mol. The molecule has 0 aromatic heterocycles. The first-order chi connectivity index (χ1) is 8.84. The summed E-state index contributed by atoms with van der Waals surface area (Å²) in [6.45, 7) is 4.16. The number of rotatable bonds is 3. The van der Waals surface area contributed by atoms with Crippen LogP contribution in [0.15, 0.2) is 0 Å². The Labute approximate surface area is 109 Å². The predicted molar refractivity (Wildman–Crippen MR) is 68.5 cm³/mol. The van der Waals surface area contributed by atoms with Crippen LogP contribution >= 0.6 is 0 Å². The van der Waals surface area contributed by atoms with Crippen molar-refractivity contribution in [2.45, 2.75) is 50.4 Å². The van der Waals surface area contributed by atoms with Gasteiger partial charge in [0.2, 0.25) is 0 Å². The Kier molecular flexibility index (Phi) is 4.19. The third-order valence-corrected chi connectivity index (χ3v) is 4.78. The third kappa shape index (κ3) is 2.72. The van der Waals surface area contributed by atoms with Crippen molar-refractivity contribution in [3.8, 4) is 0 Å². The van der Waals surface area contributed by atoms with Crippen molar-refractivity contribution < 1.29 is 14.6 Å². The van der Waals surface area contributed by atoms with Crippen LogP contribution in [-0.2, 0) is 9.47 Å². The van der Waals surface area contributed by atoms with Crippen LogP contribution in [0.4, 0.5) is 0 Å². The number of fused-ring (bicyclic) bond motifs is 1. The van der Waals surface area contributed by atoms with Crippen LogP contribution < -0.4 is 0 Å². The van der Waals surface area contributed by atoms with Crippen LogP contribution in [0.25, 0.3) is 0 Å². The number of ether oxygens (including phenoxy) is 2. The summed E-state index contributed by atoms with van der Waals surface area (Å²) in [7, 11) is 0. The van der Waals surface area contributed by atoms with Crippen molar-refractivity contribution in [3.63, 3.8) is 0 Å². The summed E-state index contributed by atoms with van der Waals surface area (Å²) in [6, 6.07) is 0.546. The van der Waals surface area contributed by atoms with Gasteiger partial charge in [0.05, 0.1) is 25.4 Å². The molecule has 104 valence electrons. The average Bonchev–Trinajstić information content (AvgIpc) is 2.93. The molecule has 0 bridgehead atoms. The summed E-state index contributed by atoms with van der Waals surface area (Å²) < 4.78 is 11.2. The molecule has 4 nitrogen and oxygen atoms in total. The van der Waals surface area contributed by atoms with Crippen molar-refractivity contribution in [1.29, 1.82) is 0 Å². The second-order valence-electron chi connectivity index (χ2n) is 5.95. The van der Waals surface area contributed by atoms with Crippen molar-refractivity contribution in [3.05, 3.63) is 0 Å². The fourth-order valence-corrected chi connectivity index (χ4v) is 3.65. The molecule has 4 atom stereocenters. The minimum absolute atomic E-state index is 0.229. The third-order valence-electron chi connectivity index (χ3n) is 4.78. The topological polar surface area (TPSA) is 41.9 Å². The number of morpholine rings is 1. The van der Waals surface area contributed by atoms with Gasteiger partial charge in [0.25, 0.3) is 0 Å². The standard InChI is InChI=1S/C14H25NO3/c16-13(11-5-7-17-10-11)9-15-6-8-18-14-4-2-1-3-12(14)15/h11-14,16H,1-10H2. The molecule has 1 N–H and O–H groups in total. The van der Waals surface area contributed by atoms with Gasteiger partial charge in [0, 0.05) is 31.7 Å². The van der Waals surface area contributed by atoms with Gasteiger partial charge < -0.3 is 14.6 Å². The quantitative estimate of drug-likeness (QED) is 0.818. The zero-order chi connectivity index (χ0) is 12.4. The van der Waals surface area contributed by atoms with Crippen LogP contribution in [0, 0.1) is 5.92 Å². The first-order valence-electron chi connectivity index (χ1n) is 7.46. The van der Waals surface area contributed by atoms with Crippen molar-refractivity contribution in [1.82, 2.24) is 4.90 Å². The molecule has 0 aromatic carbocycles. The summed E-state index contributed by atoms with van der Waals surface area (Å²) in [5.41, 5.74) is 0. The molecule has 4 unspecified atom stereocenters. The fourth-order valence-electron chi connectivity index (χ4n) is 3.65. The Morgan fingerprint density at radius 3 is 2.89 bits per heavy atom. The lowest BCUT2D eigenvalue weighted by Gasteiger charge is -2.44. The van der Waals surface area contributed by atoms with Crippen molar-refractivity contribution in [2.75, 3.05) is 32.9 Å². The molecule has 1 aliphatic carbocycles. The van der Waals surface area contributed by atoms with E-state index >= 15 is 0 Å². The molecule has 2 heterocycles. The zero-order valence-corrected chi connectivity index (χ0v) is 11.1. The lowest BCUT2D eigenvalue weighted by Crippen LogP contribution is -2.55. The van der Waals surface area contributed by atoms with E-state index in [2.05, 4.69) is 4.90 Å². The van der Waals surface area contributed by atoms with Crippen molar-refractivity contribution in [2.24, 2.45) is 5.92 Å². The minimum Gasteiger partial charge on any atom is -0.391 e. The van der Waals surface area contributed by atoms with Crippen LogP contribution in [-0.4, -0.2) is 61.2 Å².